The van der Waals surface area contributed by atoms with Crippen molar-refractivity contribution in [2.75, 3.05) is 7.11 Å². The highest BCUT2D eigenvalue weighted by atomic mass is 32.2. The summed E-state index contributed by atoms with van der Waals surface area (Å²) in [6, 6.07) is 6.78. The lowest BCUT2D eigenvalue weighted by molar-refractivity contribution is -0.141. The standard InChI is InChI=1S/C17H13F2N3O5S2/c1-27-14(23)8-22-12-6-5-9(29(20,25)26)7-13(12)28-17(22)21-16(24)15-10(18)3-2-4-11(15)19/h2-7H,8H2,1H3,(H2,20,25,26). The lowest BCUT2D eigenvalue weighted by Crippen LogP contribution is -2.22. The van der Waals surface area contributed by atoms with Crippen LogP contribution in [0, 0.1) is 11.6 Å². The van der Waals surface area contributed by atoms with Crippen LogP contribution in [0.15, 0.2) is 46.3 Å². The van der Waals surface area contributed by atoms with Crippen LogP contribution < -0.4 is 9.94 Å². The average Bonchev–Trinajstić information content (AvgIpc) is 2.97. The molecule has 0 bridgehead atoms. The van der Waals surface area contributed by atoms with E-state index in [2.05, 4.69) is 9.73 Å². The molecule has 12 heteroatoms. The second kappa shape index (κ2) is 7.81. The number of carbonyl (C=O) groups is 2. The molecule has 0 fully saturated rings. The maximum Gasteiger partial charge on any atom is 0.325 e. The summed E-state index contributed by atoms with van der Waals surface area (Å²) in [4.78, 5) is 27.6. The zero-order chi connectivity index (χ0) is 21.3. The van der Waals surface area contributed by atoms with E-state index in [9.17, 15) is 26.8 Å². The first-order chi connectivity index (χ1) is 13.6. The predicted octanol–water partition coefficient (Wildman–Crippen LogP) is 1.54. The van der Waals surface area contributed by atoms with Crippen molar-refractivity contribution < 1.29 is 31.5 Å². The minimum absolute atomic E-state index is 0.0791. The Morgan fingerprint density at radius 3 is 2.45 bits per heavy atom. The van der Waals surface area contributed by atoms with Gasteiger partial charge in [-0.2, -0.15) is 4.99 Å². The van der Waals surface area contributed by atoms with Crippen LogP contribution in [0.5, 0.6) is 0 Å². The van der Waals surface area contributed by atoms with Gasteiger partial charge in [-0.25, -0.2) is 22.3 Å². The lowest BCUT2D eigenvalue weighted by Gasteiger charge is -2.04. The number of methoxy groups -OCH3 is 1. The van der Waals surface area contributed by atoms with Crippen molar-refractivity contribution in [3.05, 3.63) is 58.4 Å². The average molecular weight is 441 g/mol. The first-order valence-corrected chi connectivity index (χ1v) is 10.2. The van der Waals surface area contributed by atoms with Gasteiger partial charge in [-0.1, -0.05) is 17.4 Å². The molecule has 152 valence electrons. The number of amides is 1. The highest BCUT2D eigenvalue weighted by Gasteiger charge is 2.19. The Morgan fingerprint density at radius 1 is 1.21 bits per heavy atom. The third-order valence-electron chi connectivity index (χ3n) is 3.87. The van der Waals surface area contributed by atoms with Crippen LogP contribution in [0.2, 0.25) is 0 Å². The fourth-order valence-corrected chi connectivity index (χ4v) is 4.19. The van der Waals surface area contributed by atoms with E-state index in [0.717, 1.165) is 36.6 Å². The number of benzene rings is 2. The molecule has 1 amide bonds. The topological polar surface area (TPSA) is 121 Å². The Morgan fingerprint density at radius 2 is 1.86 bits per heavy atom. The summed E-state index contributed by atoms with van der Waals surface area (Å²) in [7, 11) is -2.83. The molecule has 3 rings (SSSR count). The molecule has 0 radical (unpaired) electrons. The molecule has 29 heavy (non-hydrogen) atoms. The molecule has 0 aliphatic heterocycles. The van der Waals surface area contributed by atoms with Gasteiger partial charge in [-0.15, -0.1) is 0 Å². The molecule has 0 aliphatic carbocycles. The number of esters is 1. The zero-order valence-electron chi connectivity index (χ0n) is 14.8. The van der Waals surface area contributed by atoms with Crippen molar-refractivity contribution in [1.29, 1.82) is 0 Å². The quantitative estimate of drug-likeness (QED) is 0.616. The first kappa shape index (κ1) is 20.8. The smallest absolute Gasteiger partial charge is 0.325 e. The van der Waals surface area contributed by atoms with Crippen molar-refractivity contribution in [2.24, 2.45) is 10.1 Å². The Hall–Kier alpha value is -2.96. The summed E-state index contributed by atoms with van der Waals surface area (Å²) < 4.78 is 57.1. The third kappa shape index (κ3) is 4.23. The Bertz CT molecular complexity index is 1290. The Kier molecular flexibility index (Phi) is 5.59. The van der Waals surface area contributed by atoms with E-state index < -0.39 is 39.1 Å². The fraction of sp³-hybridized carbons (Fsp3) is 0.118. The maximum atomic E-state index is 13.9. The van der Waals surface area contributed by atoms with Crippen molar-refractivity contribution in [2.45, 2.75) is 11.4 Å². The number of ether oxygens (including phenoxy) is 1. The third-order valence-corrected chi connectivity index (χ3v) is 5.82. The minimum atomic E-state index is -3.99. The molecule has 3 aromatic rings. The molecule has 0 unspecified atom stereocenters. The number of nitrogens with zero attached hydrogens (tertiary/aromatic N) is 2. The molecule has 1 aromatic heterocycles. The van der Waals surface area contributed by atoms with Gasteiger partial charge in [0.2, 0.25) is 10.0 Å². The van der Waals surface area contributed by atoms with E-state index in [-0.39, 0.29) is 16.2 Å². The van der Waals surface area contributed by atoms with E-state index in [4.69, 9.17) is 5.14 Å². The number of sulfonamides is 1. The van der Waals surface area contributed by atoms with E-state index in [0.29, 0.717) is 10.2 Å². The van der Waals surface area contributed by atoms with Crippen LogP contribution in [-0.4, -0.2) is 32.0 Å². The lowest BCUT2D eigenvalue weighted by atomic mass is 10.2. The van der Waals surface area contributed by atoms with Crippen LogP contribution >= 0.6 is 11.3 Å². The molecule has 1 heterocycles. The van der Waals surface area contributed by atoms with E-state index in [1.165, 1.54) is 22.8 Å². The highest BCUT2D eigenvalue weighted by Crippen LogP contribution is 2.22. The molecule has 0 spiro atoms. The van der Waals surface area contributed by atoms with Crippen LogP contribution in [0.4, 0.5) is 8.78 Å². The number of hydrogen-bond acceptors (Lipinski definition) is 6. The van der Waals surface area contributed by atoms with Crippen molar-refractivity contribution in [3.63, 3.8) is 0 Å². The summed E-state index contributed by atoms with van der Waals surface area (Å²) in [5.74, 6) is -4.05. The van der Waals surface area contributed by atoms with E-state index in [1.54, 1.807) is 0 Å². The van der Waals surface area contributed by atoms with Gasteiger partial charge in [-0.05, 0) is 30.3 Å². The van der Waals surface area contributed by atoms with Gasteiger partial charge in [0.1, 0.15) is 23.7 Å². The van der Waals surface area contributed by atoms with Gasteiger partial charge in [0.15, 0.2) is 4.80 Å². The number of nitrogens with two attached hydrogens (primary N) is 1. The molecular weight excluding hydrogens is 428 g/mol. The number of hydrogen-bond donors (Lipinski definition) is 1. The number of halogens is 2. The second-order valence-electron chi connectivity index (χ2n) is 5.74. The van der Waals surface area contributed by atoms with Gasteiger partial charge in [-0.3, -0.25) is 9.59 Å². The van der Waals surface area contributed by atoms with Gasteiger partial charge in [0.05, 0.1) is 22.2 Å². The Labute approximate surface area is 166 Å². The molecule has 8 nitrogen and oxygen atoms in total. The number of aromatic nitrogens is 1. The van der Waals surface area contributed by atoms with Crippen molar-refractivity contribution in [3.8, 4) is 0 Å². The van der Waals surface area contributed by atoms with Crippen molar-refractivity contribution >= 4 is 43.5 Å². The number of carbonyl (C=O) groups excluding carboxylic acids is 2. The summed E-state index contributed by atoms with van der Waals surface area (Å²) in [5.41, 5.74) is -0.492. The number of rotatable bonds is 4. The fourth-order valence-electron chi connectivity index (χ4n) is 2.51. The zero-order valence-corrected chi connectivity index (χ0v) is 16.4. The van der Waals surface area contributed by atoms with Crippen LogP contribution in [-0.2, 0) is 26.1 Å². The van der Waals surface area contributed by atoms with E-state index in [1.807, 2.05) is 0 Å². The molecule has 2 aromatic carbocycles. The van der Waals surface area contributed by atoms with Gasteiger partial charge >= 0.3 is 5.97 Å². The van der Waals surface area contributed by atoms with Crippen LogP contribution in [0.3, 0.4) is 0 Å². The van der Waals surface area contributed by atoms with Gasteiger partial charge < -0.3 is 9.30 Å². The SMILES string of the molecule is COC(=O)Cn1c(=NC(=O)c2c(F)cccc2F)sc2cc(S(N)(=O)=O)ccc21. The molecule has 0 saturated heterocycles. The normalized spacial score (nSPS) is 12.3. The van der Waals surface area contributed by atoms with Crippen molar-refractivity contribution in [1.82, 2.24) is 4.57 Å². The molecule has 0 aliphatic rings. The molecule has 0 atom stereocenters. The largest absolute Gasteiger partial charge is 0.468 e. The monoisotopic (exact) mass is 441 g/mol. The minimum Gasteiger partial charge on any atom is -0.468 e. The number of primary sulfonamides is 1. The number of thiazole rings is 1. The summed E-state index contributed by atoms with van der Waals surface area (Å²) >= 11 is 0.844. The molecular formula is C17H13F2N3O5S2. The Balaban J connectivity index is 2.24. The summed E-state index contributed by atoms with van der Waals surface area (Å²) in [6.45, 7) is -0.364. The van der Waals surface area contributed by atoms with Gasteiger partial charge in [0, 0.05) is 0 Å². The number of fused-ring (bicyclic) bond motifs is 1. The second-order valence-corrected chi connectivity index (χ2v) is 8.31. The van der Waals surface area contributed by atoms with Crippen LogP contribution in [0.1, 0.15) is 10.4 Å². The predicted molar refractivity (Wildman–Crippen MR) is 99.5 cm³/mol. The maximum absolute atomic E-state index is 13.9. The highest BCUT2D eigenvalue weighted by molar-refractivity contribution is 7.89. The van der Waals surface area contributed by atoms with E-state index >= 15 is 0 Å². The first-order valence-electron chi connectivity index (χ1n) is 7.88. The molecule has 2 N–H and O–H groups in total. The summed E-state index contributed by atoms with van der Waals surface area (Å²) in [6.07, 6.45) is 0. The summed E-state index contributed by atoms with van der Waals surface area (Å²) in [5, 5.41) is 5.12. The van der Waals surface area contributed by atoms with Crippen LogP contribution in [0.25, 0.3) is 10.2 Å². The molecule has 0 saturated carbocycles. The van der Waals surface area contributed by atoms with Gasteiger partial charge in [0.25, 0.3) is 5.91 Å².